The Kier molecular flexibility index (Phi) is 10.0. The van der Waals surface area contributed by atoms with E-state index in [2.05, 4.69) is 57.2 Å². The van der Waals surface area contributed by atoms with E-state index in [4.69, 9.17) is 9.16 Å². The van der Waals surface area contributed by atoms with Gasteiger partial charge in [0.1, 0.15) is 12.4 Å². The quantitative estimate of drug-likeness (QED) is 0.244. The monoisotopic (exact) mass is 563 g/mol. The van der Waals surface area contributed by atoms with Crippen molar-refractivity contribution in [1.82, 2.24) is 10.3 Å². The molecule has 7 nitrogen and oxygen atoms in total. The van der Waals surface area contributed by atoms with Gasteiger partial charge >= 0.3 is 6.09 Å². The number of carbonyl (C=O) groups excluding carboxylic acids is 2. The number of rotatable bonds is 10. The van der Waals surface area contributed by atoms with Crippen LogP contribution in [0.5, 0.6) is 5.75 Å². The molecule has 0 aliphatic carbocycles. The smallest absolute Gasteiger partial charge is 0.407 e. The van der Waals surface area contributed by atoms with E-state index in [1.54, 1.807) is 12.4 Å². The summed E-state index contributed by atoms with van der Waals surface area (Å²) in [4.78, 5) is 30.2. The van der Waals surface area contributed by atoms with E-state index in [0.29, 0.717) is 22.3 Å². The first kappa shape index (κ1) is 31.1. The number of ether oxygens (including phenoxy) is 1. The number of benzene rings is 2. The Hall–Kier alpha value is -3.39. The number of fused-ring (bicyclic) bond motifs is 1. The number of aromatic nitrogens is 1. The molecule has 3 rings (SSSR count). The SMILES string of the molecule is CC(C)[Si](Oc1ccc(C(COC(=O)NC(C)(C)C)C(=O)Nc2ccc3cnccc3c2)cc1)(C(C)C)C(C)C. The van der Waals surface area contributed by atoms with Gasteiger partial charge in [-0.15, -0.1) is 0 Å². The molecular formula is C32H45N3O4Si. The predicted molar refractivity (Wildman–Crippen MR) is 165 cm³/mol. The summed E-state index contributed by atoms with van der Waals surface area (Å²) in [6.45, 7) is 19.1. The molecule has 2 N–H and O–H groups in total. The third-order valence-electron chi connectivity index (χ3n) is 7.37. The standard InChI is InChI=1S/C32H45N3O4Si/c1-21(2)40(22(3)4,23(5)6)39-28-14-11-24(12-15-28)29(20-38-31(37)35-32(7,8)9)30(36)34-27-13-10-26-19-33-17-16-25(26)18-27/h10-19,21-23,29H,20H2,1-9H3,(H,34,36)(H,35,37). The number of nitrogens with zero attached hydrogens (tertiary/aromatic N) is 1. The van der Waals surface area contributed by atoms with Gasteiger partial charge in [-0.05, 0) is 78.7 Å². The Balaban J connectivity index is 1.87. The van der Waals surface area contributed by atoms with Crippen LogP contribution >= 0.6 is 0 Å². The Morgan fingerprint density at radius 3 is 2.08 bits per heavy atom. The Bertz CT molecular complexity index is 1280. The second kappa shape index (κ2) is 12.9. The van der Waals surface area contributed by atoms with Crippen molar-refractivity contribution in [2.24, 2.45) is 0 Å². The van der Waals surface area contributed by atoms with Gasteiger partial charge in [0.15, 0.2) is 0 Å². The third kappa shape index (κ3) is 7.62. The van der Waals surface area contributed by atoms with Crippen LogP contribution in [0.3, 0.4) is 0 Å². The normalized spacial score (nSPS) is 13.0. The maximum atomic E-state index is 13.6. The molecule has 8 heteroatoms. The number of carbonyl (C=O) groups is 2. The molecule has 40 heavy (non-hydrogen) atoms. The van der Waals surface area contributed by atoms with Crippen molar-refractivity contribution in [3.63, 3.8) is 0 Å². The molecule has 1 heterocycles. The van der Waals surface area contributed by atoms with Gasteiger partial charge in [0.2, 0.25) is 5.91 Å². The summed E-state index contributed by atoms with van der Waals surface area (Å²) in [5.74, 6) is -0.170. The summed E-state index contributed by atoms with van der Waals surface area (Å²) in [5, 5.41) is 7.75. The number of nitrogens with one attached hydrogen (secondary N) is 2. The Morgan fingerprint density at radius 2 is 1.50 bits per heavy atom. The summed E-state index contributed by atoms with van der Waals surface area (Å²) in [5.41, 5.74) is 2.28. The van der Waals surface area contributed by atoms with E-state index in [0.717, 1.165) is 22.1 Å². The van der Waals surface area contributed by atoms with Gasteiger partial charge in [0, 0.05) is 29.0 Å². The molecular weight excluding hydrogens is 518 g/mol. The molecule has 0 fully saturated rings. The lowest BCUT2D eigenvalue weighted by Gasteiger charge is -2.42. The first-order valence-corrected chi connectivity index (χ1v) is 16.3. The number of hydrogen-bond donors (Lipinski definition) is 2. The molecule has 1 atom stereocenters. The minimum atomic E-state index is -2.12. The van der Waals surface area contributed by atoms with Gasteiger partial charge in [-0.25, -0.2) is 4.79 Å². The molecule has 3 aromatic rings. The van der Waals surface area contributed by atoms with Crippen molar-refractivity contribution in [1.29, 1.82) is 0 Å². The van der Waals surface area contributed by atoms with Gasteiger partial charge in [-0.1, -0.05) is 59.7 Å². The van der Waals surface area contributed by atoms with Gasteiger partial charge < -0.3 is 19.8 Å². The highest BCUT2D eigenvalue weighted by Gasteiger charge is 2.47. The van der Waals surface area contributed by atoms with Crippen LogP contribution in [0.1, 0.15) is 73.8 Å². The molecule has 216 valence electrons. The summed E-state index contributed by atoms with van der Waals surface area (Å²) >= 11 is 0. The maximum absolute atomic E-state index is 13.6. The van der Waals surface area contributed by atoms with Crippen LogP contribution in [0.25, 0.3) is 10.8 Å². The highest BCUT2D eigenvalue weighted by molar-refractivity contribution is 6.78. The highest BCUT2D eigenvalue weighted by atomic mass is 28.4. The summed E-state index contributed by atoms with van der Waals surface area (Å²) in [6, 6.07) is 15.2. The van der Waals surface area contributed by atoms with Crippen molar-refractivity contribution in [2.45, 2.75) is 90.4 Å². The van der Waals surface area contributed by atoms with Crippen molar-refractivity contribution in [3.05, 3.63) is 66.5 Å². The minimum Gasteiger partial charge on any atom is -0.543 e. The summed E-state index contributed by atoms with van der Waals surface area (Å²) in [6.07, 6.45) is 2.94. The van der Waals surface area contributed by atoms with Crippen molar-refractivity contribution >= 4 is 36.8 Å². The number of alkyl carbamates (subject to hydrolysis) is 1. The second-order valence-corrected chi connectivity index (χ2v) is 17.8. The van der Waals surface area contributed by atoms with Crippen LogP contribution in [0.15, 0.2) is 60.9 Å². The minimum absolute atomic E-state index is 0.103. The lowest BCUT2D eigenvalue weighted by atomic mass is 9.98. The molecule has 1 aromatic heterocycles. The number of pyridine rings is 1. The lowest BCUT2D eigenvalue weighted by Crippen LogP contribution is -2.50. The molecule has 0 radical (unpaired) electrons. The van der Waals surface area contributed by atoms with Crippen LogP contribution in [0, 0.1) is 0 Å². The Morgan fingerprint density at radius 1 is 0.875 bits per heavy atom. The van der Waals surface area contributed by atoms with Gasteiger partial charge in [0.05, 0.1) is 5.92 Å². The molecule has 0 spiro atoms. The molecule has 0 saturated carbocycles. The first-order chi connectivity index (χ1) is 18.7. The van der Waals surface area contributed by atoms with Crippen LogP contribution in [0.2, 0.25) is 16.6 Å². The van der Waals surface area contributed by atoms with Crippen molar-refractivity contribution in [2.75, 3.05) is 11.9 Å². The van der Waals surface area contributed by atoms with E-state index in [9.17, 15) is 9.59 Å². The zero-order valence-corrected chi connectivity index (χ0v) is 26.4. The largest absolute Gasteiger partial charge is 0.543 e. The molecule has 2 amide bonds. The van der Waals surface area contributed by atoms with Crippen molar-refractivity contribution in [3.8, 4) is 5.75 Å². The first-order valence-electron chi connectivity index (χ1n) is 14.1. The van der Waals surface area contributed by atoms with Crippen LogP contribution in [0.4, 0.5) is 10.5 Å². The average molecular weight is 564 g/mol. The van der Waals surface area contributed by atoms with Gasteiger partial charge in [0.25, 0.3) is 8.32 Å². The lowest BCUT2D eigenvalue weighted by molar-refractivity contribution is -0.118. The average Bonchev–Trinajstić information content (AvgIpc) is 2.86. The van der Waals surface area contributed by atoms with Gasteiger partial charge in [-0.2, -0.15) is 0 Å². The topological polar surface area (TPSA) is 89.5 Å². The van der Waals surface area contributed by atoms with E-state index < -0.39 is 25.9 Å². The third-order valence-corrected chi connectivity index (χ3v) is 13.4. The molecule has 2 aromatic carbocycles. The summed E-state index contributed by atoms with van der Waals surface area (Å²) < 4.78 is 12.3. The highest BCUT2D eigenvalue weighted by Crippen LogP contribution is 2.42. The van der Waals surface area contributed by atoms with E-state index >= 15 is 0 Å². The number of hydrogen-bond acceptors (Lipinski definition) is 5. The molecule has 0 aliphatic rings. The zero-order valence-electron chi connectivity index (χ0n) is 25.4. The fraction of sp³-hybridized carbons (Fsp3) is 0.469. The van der Waals surface area contributed by atoms with Gasteiger partial charge in [-0.3, -0.25) is 9.78 Å². The van der Waals surface area contributed by atoms with Crippen LogP contribution < -0.4 is 15.1 Å². The fourth-order valence-corrected chi connectivity index (χ4v) is 10.8. The van der Waals surface area contributed by atoms with Crippen LogP contribution in [-0.4, -0.2) is 37.4 Å². The number of anilines is 1. The molecule has 0 bridgehead atoms. The summed E-state index contributed by atoms with van der Waals surface area (Å²) in [7, 11) is -2.12. The maximum Gasteiger partial charge on any atom is 0.407 e. The van der Waals surface area contributed by atoms with Crippen LogP contribution in [-0.2, 0) is 9.53 Å². The second-order valence-electron chi connectivity index (χ2n) is 12.4. The number of amides is 2. The zero-order chi connectivity index (χ0) is 29.7. The molecule has 1 unspecified atom stereocenters. The van der Waals surface area contributed by atoms with Crippen molar-refractivity contribution < 1.29 is 18.8 Å². The van der Waals surface area contributed by atoms with E-state index in [1.165, 1.54) is 0 Å². The molecule has 0 aliphatic heterocycles. The van der Waals surface area contributed by atoms with E-state index in [1.807, 2.05) is 69.3 Å². The molecule has 0 saturated heterocycles. The van der Waals surface area contributed by atoms with E-state index in [-0.39, 0.29) is 12.5 Å². The predicted octanol–water partition coefficient (Wildman–Crippen LogP) is 8.04. The fourth-order valence-electron chi connectivity index (χ4n) is 5.54. The Labute approximate surface area is 240 Å².